The minimum atomic E-state index is 0.290. The maximum absolute atomic E-state index is 6.04. The molecule has 17 heavy (non-hydrogen) atoms. The van der Waals surface area contributed by atoms with E-state index in [4.69, 9.17) is 10.5 Å². The van der Waals surface area contributed by atoms with Crippen LogP contribution in [-0.4, -0.2) is 42.3 Å². The lowest BCUT2D eigenvalue weighted by Gasteiger charge is -2.49. The Hall–Kier alpha value is -0.120. The summed E-state index contributed by atoms with van der Waals surface area (Å²) >= 11 is 0. The number of hydrogen-bond acceptors (Lipinski definition) is 3. The second-order valence-electron chi connectivity index (χ2n) is 6.14. The molecule has 3 rings (SSSR count). The Morgan fingerprint density at radius 3 is 2.59 bits per heavy atom. The molecule has 1 atom stereocenters. The van der Waals surface area contributed by atoms with Crippen LogP contribution in [0.4, 0.5) is 0 Å². The molecule has 0 amide bonds. The first-order valence-electron chi connectivity index (χ1n) is 7.43. The summed E-state index contributed by atoms with van der Waals surface area (Å²) in [5.74, 6) is 0. The largest absolute Gasteiger partial charge is 0.375 e. The molecule has 2 saturated carbocycles. The SMILES string of the molecule is NCCCN(C1CC1)C1CCOC2(CCC2)C1. The quantitative estimate of drug-likeness (QED) is 0.795. The van der Waals surface area contributed by atoms with Crippen molar-refractivity contribution in [1.82, 2.24) is 4.90 Å². The molecule has 0 bridgehead atoms. The second-order valence-corrected chi connectivity index (χ2v) is 6.14. The lowest BCUT2D eigenvalue weighted by atomic mass is 9.73. The lowest BCUT2D eigenvalue weighted by molar-refractivity contribution is -0.149. The maximum atomic E-state index is 6.04. The summed E-state index contributed by atoms with van der Waals surface area (Å²) in [6, 6.07) is 1.66. The Labute approximate surface area is 105 Å². The molecule has 1 heterocycles. The van der Waals surface area contributed by atoms with E-state index >= 15 is 0 Å². The summed E-state index contributed by atoms with van der Waals surface area (Å²) in [5, 5.41) is 0. The molecule has 98 valence electrons. The number of nitrogens with two attached hydrogens (primary N) is 1. The molecular formula is C14H26N2O. The van der Waals surface area contributed by atoms with E-state index in [-0.39, 0.29) is 0 Å². The topological polar surface area (TPSA) is 38.5 Å². The fourth-order valence-corrected chi connectivity index (χ4v) is 3.55. The molecule has 0 radical (unpaired) electrons. The predicted octanol–water partition coefficient (Wildman–Crippen LogP) is 1.90. The molecule has 0 aromatic carbocycles. The minimum Gasteiger partial charge on any atom is -0.375 e. The van der Waals surface area contributed by atoms with Gasteiger partial charge < -0.3 is 10.5 Å². The average Bonchev–Trinajstić information content (AvgIpc) is 3.12. The molecule has 3 fully saturated rings. The minimum absolute atomic E-state index is 0.290. The summed E-state index contributed by atoms with van der Waals surface area (Å²) in [7, 11) is 0. The van der Waals surface area contributed by atoms with E-state index in [1.165, 1.54) is 51.5 Å². The van der Waals surface area contributed by atoms with Crippen LogP contribution in [0, 0.1) is 0 Å². The van der Waals surface area contributed by atoms with Crippen molar-refractivity contribution in [2.45, 2.75) is 69.1 Å². The first kappa shape index (κ1) is 11.9. The highest BCUT2D eigenvalue weighted by Crippen LogP contribution is 2.44. The summed E-state index contributed by atoms with van der Waals surface area (Å²) in [5.41, 5.74) is 5.96. The Morgan fingerprint density at radius 2 is 2.00 bits per heavy atom. The van der Waals surface area contributed by atoms with Gasteiger partial charge in [-0.1, -0.05) is 0 Å². The van der Waals surface area contributed by atoms with Crippen LogP contribution < -0.4 is 5.73 Å². The number of nitrogens with zero attached hydrogens (tertiary/aromatic N) is 1. The van der Waals surface area contributed by atoms with Crippen molar-refractivity contribution < 1.29 is 4.74 Å². The van der Waals surface area contributed by atoms with Crippen LogP contribution in [0.1, 0.15) is 51.4 Å². The van der Waals surface area contributed by atoms with Gasteiger partial charge in [-0.25, -0.2) is 0 Å². The van der Waals surface area contributed by atoms with E-state index < -0.39 is 0 Å². The van der Waals surface area contributed by atoms with Gasteiger partial charge in [-0.15, -0.1) is 0 Å². The summed E-state index contributed by atoms with van der Waals surface area (Å²) in [4.78, 5) is 2.76. The molecule has 1 saturated heterocycles. The third kappa shape index (κ3) is 2.51. The Kier molecular flexibility index (Phi) is 3.42. The van der Waals surface area contributed by atoms with Crippen LogP contribution in [0.5, 0.6) is 0 Å². The Morgan fingerprint density at radius 1 is 1.18 bits per heavy atom. The van der Waals surface area contributed by atoms with E-state index in [0.29, 0.717) is 5.60 Å². The van der Waals surface area contributed by atoms with E-state index in [1.807, 2.05) is 0 Å². The standard InChI is InChI=1S/C14H26N2O/c15-8-2-9-16(12-3-4-12)13-5-10-17-14(11-13)6-1-7-14/h12-13H,1-11,15H2. The molecule has 1 unspecified atom stereocenters. The van der Waals surface area contributed by atoms with Gasteiger partial charge >= 0.3 is 0 Å². The van der Waals surface area contributed by atoms with Gasteiger partial charge in [0, 0.05) is 18.7 Å². The van der Waals surface area contributed by atoms with E-state index in [1.54, 1.807) is 0 Å². The molecule has 0 aromatic rings. The number of ether oxygens (including phenoxy) is 1. The van der Waals surface area contributed by atoms with Crippen molar-refractivity contribution in [3.63, 3.8) is 0 Å². The third-order valence-electron chi connectivity index (χ3n) is 4.84. The highest BCUT2D eigenvalue weighted by Gasteiger charge is 2.45. The van der Waals surface area contributed by atoms with Crippen LogP contribution in [-0.2, 0) is 4.74 Å². The lowest BCUT2D eigenvalue weighted by Crippen LogP contribution is -2.52. The molecule has 0 aromatic heterocycles. The average molecular weight is 238 g/mol. The summed E-state index contributed by atoms with van der Waals surface area (Å²) in [6.07, 6.45) is 10.5. The smallest absolute Gasteiger partial charge is 0.0697 e. The third-order valence-corrected chi connectivity index (χ3v) is 4.84. The first-order chi connectivity index (χ1) is 8.33. The zero-order chi connectivity index (χ0) is 11.7. The molecule has 3 aliphatic rings. The van der Waals surface area contributed by atoms with E-state index in [0.717, 1.165) is 31.7 Å². The van der Waals surface area contributed by atoms with Gasteiger partial charge in [-0.05, 0) is 64.5 Å². The van der Waals surface area contributed by atoms with Crippen molar-refractivity contribution >= 4 is 0 Å². The molecular weight excluding hydrogens is 212 g/mol. The van der Waals surface area contributed by atoms with Crippen molar-refractivity contribution in [3.8, 4) is 0 Å². The van der Waals surface area contributed by atoms with Crippen molar-refractivity contribution in [2.24, 2.45) is 5.73 Å². The zero-order valence-electron chi connectivity index (χ0n) is 10.9. The highest BCUT2D eigenvalue weighted by atomic mass is 16.5. The number of rotatable bonds is 5. The summed E-state index contributed by atoms with van der Waals surface area (Å²) in [6.45, 7) is 3.02. The molecule has 2 aliphatic carbocycles. The fraction of sp³-hybridized carbons (Fsp3) is 1.00. The Balaban J connectivity index is 1.59. The predicted molar refractivity (Wildman–Crippen MR) is 69.0 cm³/mol. The van der Waals surface area contributed by atoms with Gasteiger partial charge in [-0.2, -0.15) is 0 Å². The maximum Gasteiger partial charge on any atom is 0.0697 e. The zero-order valence-corrected chi connectivity index (χ0v) is 10.9. The molecule has 3 nitrogen and oxygen atoms in total. The van der Waals surface area contributed by atoms with Crippen molar-refractivity contribution in [1.29, 1.82) is 0 Å². The highest BCUT2D eigenvalue weighted by molar-refractivity contribution is 4.99. The first-order valence-corrected chi connectivity index (χ1v) is 7.43. The summed E-state index contributed by atoms with van der Waals surface area (Å²) < 4.78 is 6.04. The van der Waals surface area contributed by atoms with Crippen LogP contribution >= 0.6 is 0 Å². The molecule has 1 spiro atoms. The van der Waals surface area contributed by atoms with Gasteiger partial charge in [0.1, 0.15) is 0 Å². The van der Waals surface area contributed by atoms with Crippen molar-refractivity contribution in [3.05, 3.63) is 0 Å². The number of hydrogen-bond donors (Lipinski definition) is 1. The van der Waals surface area contributed by atoms with Crippen LogP contribution in [0.2, 0.25) is 0 Å². The van der Waals surface area contributed by atoms with Crippen LogP contribution in [0.15, 0.2) is 0 Å². The molecule has 3 heteroatoms. The molecule has 1 aliphatic heterocycles. The van der Waals surface area contributed by atoms with Gasteiger partial charge in [-0.3, -0.25) is 4.90 Å². The molecule has 2 N–H and O–H groups in total. The van der Waals surface area contributed by atoms with Gasteiger partial charge in [0.15, 0.2) is 0 Å². The fourth-order valence-electron chi connectivity index (χ4n) is 3.55. The van der Waals surface area contributed by atoms with E-state index in [9.17, 15) is 0 Å². The van der Waals surface area contributed by atoms with Gasteiger partial charge in [0.2, 0.25) is 0 Å². The normalized spacial score (nSPS) is 31.8. The second kappa shape index (κ2) is 4.87. The van der Waals surface area contributed by atoms with Gasteiger partial charge in [0.25, 0.3) is 0 Å². The van der Waals surface area contributed by atoms with Crippen molar-refractivity contribution in [2.75, 3.05) is 19.7 Å². The monoisotopic (exact) mass is 238 g/mol. The van der Waals surface area contributed by atoms with E-state index in [2.05, 4.69) is 4.90 Å². The van der Waals surface area contributed by atoms with Crippen LogP contribution in [0.25, 0.3) is 0 Å². The van der Waals surface area contributed by atoms with Crippen LogP contribution in [0.3, 0.4) is 0 Å². The Bertz CT molecular complexity index is 261. The van der Waals surface area contributed by atoms with Gasteiger partial charge in [0.05, 0.1) is 5.60 Å².